The summed E-state index contributed by atoms with van der Waals surface area (Å²) >= 11 is 0. The number of methoxy groups -OCH3 is 1. The Hall–Kier alpha value is -3.93. The number of amides is 1. The first-order valence-electron chi connectivity index (χ1n) is 10.2. The SMILES string of the molecule is COc1ccc2[nH]c(=O)c(CN(Cc3ccc(F)cc3)C(=O)c3ccccc3C)cc2c1. The van der Waals surface area contributed by atoms with Gasteiger partial charge in [0.15, 0.2) is 0 Å². The van der Waals surface area contributed by atoms with Crippen LogP contribution in [0.1, 0.15) is 27.0 Å². The number of benzene rings is 3. The highest BCUT2D eigenvalue weighted by molar-refractivity contribution is 5.95. The molecule has 0 aliphatic rings. The van der Waals surface area contributed by atoms with Crippen LogP contribution in [-0.2, 0) is 13.1 Å². The Kier molecular flexibility index (Phi) is 6.03. The highest BCUT2D eigenvalue weighted by Gasteiger charge is 2.20. The van der Waals surface area contributed by atoms with E-state index < -0.39 is 0 Å². The van der Waals surface area contributed by atoms with Crippen molar-refractivity contribution in [3.05, 3.63) is 111 Å². The number of nitrogens with zero attached hydrogens (tertiary/aromatic N) is 1. The number of halogens is 1. The van der Waals surface area contributed by atoms with E-state index in [2.05, 4.69) is 4.98 Å². The molecule has 0 saturated carbocycles. The van der Waals surface area contributed by atoms with Crippen molar-refractivity contribution in [3.8, 4) is 5.75 Å². The Balaban J connectivity index is 1.73. The number of pyridine rings is 1. The van der Waals surface area contributed by atoms with Crippen molar-refractivity contribution in [2.45, 2.75) is 20.0 Å². The van der Waals surface area contributed by atoms with Gasteiger partial charge in [0.25, 0.3) is 11.5 Å². The minimum absolute atomic E-state index is 0.104. The highest BCUT2D eigenvalue weighted by atomic mass is 19.1. The van der Waals surface area contributed by atoms with E-state index in [-0.39, 0.29) is 30.4 Å². The van der Waals surface area contributed by atoms with Crippen molar-refractivity contribution in [2.24, 2.45) is 0 Å². The number of aromatic nitrogens is 1. The Morgan fingerprint density at radius 3 is 2.47 bits per heavy atom. The lowest BCUT2D eigenvalue weighted by Gasteiger charge is -2.24. The van der Waals surface area contributed by atoms with Gasteiger partial charge in [0, 0.05) is 28.6 Å². The molecule has 0 radical (unpaired) electrons. The topological polar surface area (TPSA) is 62.4 Å². The van der Waals surface area contributed by atoms with E-state index in [1.54, 1.807) is 48.4 Å². The lowest BCUT2D eigenvalue weighted by molar-refractivity contribution is 0.0728. The molecule has 0 fully saturated rings. The number of fused-ring (bicyclic) bond motifs is 1. The van der Waals surface area contributed by atoms with Crippen LogP contribution in [0.5, 0.6) is 5.75 Å². The van der Waals surface area contributed by atoms with Crippen LogP contribution in [0.15, 0.2) is 77.6 Å². The number of carbonyl (C=O) groups is 1. The summed E-state index contributed by atoms with van der Waals surface area (Å²) in [6.07, 6.45) is 0. The number of hydrogen-bond donors (Lipinski definition) is 1. The maximum absolute atomic E-state index is 13.4. The van der Waals surface area contributed by atoms with Crippen LogP contribution in [0, 0.1) is 12.7 Å². The van der Waals surface area contributed by atoms with Crippen LogP contribution in [0.25, 0.3) is 10.9 Å². The van der Waals surface area contributed by atoms with Crippen LogP contribution < -0.4 is 10.3 Å². The molecule has 1 amide bonds. The molecule has 0 atom stereocenters. The molecule has 0 unspecified atom stereocenters. The zero-order valence-electron chi connectivity index (χ0n) is 17.9. The molecule has 1 N–H and O–H groups in total. The summed E-state index contributed by atoms with van der Waals surface area (Å²) < 4.78 is 18.7. The average Bonchev–Trinajstić information content (AvgIpc) is 2.80. The van der Waals surface area contributed by atoms with Crippen molar-refractivity contribution in [1.82, 2.24) is 9.88 Å². The van der Waals surface area contributed by atoms with E-state index >= 15 is 0 Å². The summed E-state index contributed by atoms with van der Waals surface area (Å²) in [6, 6.07) is 20.5. The summed E-state index contributed by atoms with van der Waals surface area (Å²) in [6.45, 7) is 2.22. The molecule has 5 nitrogen and oxygen atoms in total. The van der Waals surface area contributed by atoms with E-state index in [9.17, 15) is 14.0 Å². The maximum Gasteiger partial charge on any atom is 0.254 e. The van der Waals surface area contributed by atoms with Gasteiger partial charge in [0.1, 0.15) is 11.6 Å². The lowest BCUT2D eigenvalue weighted by Crippen LogP contribution is -2.33. The molecular formula is C26H23FN2O3. The molecule has 6 heteroatoms. The number of carbonyl (C=O) groups excluding carboxylic acids is 1. The van der Waals surface area contributed by atoms with Gasteiger partial charge in [-0.05, 0) is 60.5 Å². The monoisotopic (exact) mass is 430 g/mol. The molecule has 0 spiro atoms. The third-order valence-corrected chi connectivity index (χ3v) is 5.44. The zero-order valence-corrected chi connectivity index (χ0v) is 17.9. The Bertz CT molecular complexity index is 1330. The van der Waals surface area contributed by atoms with E-state index in [1.807, 2.05) is 31.2 Å². The number of hydrogen-bond acceptors (Lipinski definition) is 3. The Labute approximate surface area is 185 Å². The van der Waals surface area contributed by atoms with Crippen LogP contribution in [0.3, 0.4) is 0 Å². The Morgan fingerprint density at radius 1 is 1.00 bits per heavy atom. The van der Waals surface area contributed by atoms with E-state index in [1.165, 1.54) is 12.1 Å². The van der Waals surface area contributed by atoms with Gasteiger partial charge in [-0.1, -0.05) is 30.3 Å². The summed E-state index contributed by atoms with van der Waals surface area (Å²) in [5.74, 6) is 0.137. The van der Waals surface area contributed by atoms with Crippen molar-refractivity contribution < 1.29 is 13.9 Å². The van der Waals surface area contributed by atoms with Gasteiger partial charge in [-0.2, -0.15) is 0 Å². The molecule has 0 bridgehead atoms. The summed E-state index contributed by atoms with van der Waals surface area (Å²) in [5.41, 5.74) is 3.06. The van der Waals surface area contributed by atoms with Gasteiger partial charge in [-0.15, -0.1) is 0 Å². The van der Waals surface area contributed by atoms with E-state index in [4.69, 9.17) is 4.74 Å². The molecule has 1 aromatic heterocycles. The standard InChI is InChI=1S/C26H23FN2O3/c1-17-5-3-4-6-23(17)26(31)29(15-18-7-9-21(27)10-8-18)16-20-13-19-14-22(32-2)11-12-24(19)28-25(20)30/h3-14H,15-16H2,1-2H3,(H,28,30). The first-order valence-corrected chi connectivity index (χ1v) is 10.2. The van der Waals surface area contributed by atoms with Gasteiger partial charge < -0.3 is 14.6 Å². The second kappa shape index (κ2) is 9.06. The normalized spacial score (nSPS) is 10.8. The first kappa shape index (κ1) is 21.3. The summed E-state index contributed by atoms with van der Waals surface area (Å²) in [4.78, 5) is 30.7. The van der Waals surface area contributed by atoms with Crippen LogP contribution >= 0.6 is 0 Å². The first-order chi connectivity index (χ1) is 15.4. The predicted molar refractivity (Wildman–Crippen MR) is 122 cm³/mol. The molecule has 0 aliphatic carbocycles. The van der Waals surface area contributed by atoms with Crippen molar-refractivity contribution in [3.63, 3.8) is 0 Å². The molecular weight excluding hydrogens is 407 g/mol. The second-order valence-corrected chi connectivity index (χ2v) is 7.68. The number of nitrogens with one attached hydrogen (secondary N) is 1. The summed E-state index contributed by atoms with van der Waals surface area (Å²) in [7, 11) is 1.58. The van der Waals surface area contributed by atoms with E-state index in [0.717, 1.165) is 16.5 Å². The molecule has 0 aliphatic heterocycles. The maximum atomic E-state index is 13.4. The van der Waals surface area contributed by atoms with Gasteiger partial charge >= 0.3 is 0 Å². The van der Waals surface area contributed by atoms with E-state index in [0.29, 0.717) is 22.4 Å². The number of aryl methyl sites for hydroxylation is 1. The van der Waals surface area contributed by atoms with Crippen molar-refractivity contribution >= 4 is 16.8 Å². The van der Waals surface area contributed by atoms with Crippen molar-refractivity contribution in [2.75, 3.05) is 7.11 Å². The number of rotatable bonds is 6. The molecule has 162 valence electrons. The lowest BCUT2D eigenvalue weighted by atomic mass is 10.1. The Morgan fingerprint density at radius 2 is 1.75 bits per heavy atom. The van der Waals surface area contributed by atoms with Gasteiger partial charge in [-0.3, -0.25) is 9.59 Å². The molecule has 4 rings (SSSR count). The van der Waals surface area contributed by atoms with Gasteiger partial charge in [-0.25, -0.2) is 4.39 Å². The molecule has 0 saturated heterocycles. The second-order valence-electron chi connectivity index (χ2n) is 7.68. The van der Waals surface area contributed by atoms with Crippen LogP contribution in [0.2, 0.25) is 0 Å². The fourth-order valence-electron chi connectivity index (χ4n) is 3.67. The van der Waals surface area contributed by atoms with Crippen molar-refractivity contribution in [1.29, 1.82) is 0 Å². The zero-order chi connectivity index (χ0) is 22.7. The van der Waals surface area contributed by atoms with Crippen LogP contribution in [0.4, 0.5) is 4.39 Å². The van der Waals surface area contributed by atoms with Crippen LogP contribution in [-0.4, -0.2) is 22.9 Å². The fourth-order valence-corrected chi connectivity index (χ4v) is 3.67. The summed E-state index contributed by atoms with van der Waals surface area (Å²) in [5, 5.41) is 0.809. The number of ether oxygens (including phenoxy) is 1. The molecule has 3 aromatic carbocycles. The number of aromatic amines is 1. The third kappa shape index (κ3) is 4.54. The predicted octanol–water partition coefficient (Wildman–Crippen LogP) is 4.83. The molecule has 1 heterocycles. The molecule has 4 aromatic rings. The molecule has 32 heavy (non-hydrogen) atoms. The van der Waals surface area contributed by atoms with Gasteiger partial charge in [0.2, 0.25) is 0 Å². The quantitative estimate of drug-likeness (QED) is 0.477. The van der Waals surface area contributed by atoms with Gasteiger partial charge in [0.05, 0.1) is 13.7 Å². The fraction of sp³-hybridized carbons (Fsp3) is 0.154. The largest absolute Gasteiger partial charge is 0.497 e. The highest BCUT2D eigenvalue weighted by Crippen LogP contribution is 2.21. The number of H-pyrrole nitrogens is 1. The average molecular weight is 430 g/mol. The third-order valence-electron chi connectivity index (χ3n) is 5.44. The minimum atomic E-state index is -0.342. The minimum Gasteiger partial charge on any atom is -0.497 e. The smallest absolute Gasteiger partial charge is 0.254 e.